The fourth-order valence-electron chi connectivity index (χ4n) is 2.64. The zero-order chi connectivity index (χ0) is 11.4. The molecule has 1 aromatic heterocycles. The van der Waals surface area contributed by atoms with Crippen molar-refractivity contribution in [3.8, 4) is 0 Å². The molecule has 2 rings (SSSR count). The van der Waals surface area contributed by atoms with Gasteiger partial charge in [0.1, 0.15) is 0 Å². The Hall–Kier alpha value is -0.830. The first-order valence-corrected chi connectivity index (χ1v) is 6.90. The van der Waals surface area contributed by atoms with E-state index in [0.29, 0.717) is 5.92 Å². The third-order valence-corrected chi connectivity index (χ3v) is 4.42. The van der Waals surface area contributed by atoms with Crippen LogP contribution >= 0.6 is 11.3 Å². The van der Waals surface area contributed by atoms with Crippen LogP contribution in [-0.4, -0.2) is 11.1 Å². The first-order valence-electron chi connectivity index (χ1n) is 6.02. The first-order chi connectivity index (χ1) is 7.77. The minimum Gasteiger partial charge on any atom is -0.481 e. The maximum Gasteiger partial charge on any atom is 0.306 e. The van der Waals surface area contributed by atoms with Crippen molar-refractivity contribution in [1.29, 1.82) is 0 Å². The summed E-state index contributed by atoms with van der Waals surface area (Å²) in [5.41, 5.74) is 0. The van der Waals surface area contributed by atoms with Crippen LogP contribution in [0.2, 0.25) is 0 Å². The van der Waals surface area contributed by atoms with Crippen molar-refractivity contribution in [2.24, 2.45) is 11.8 Å². The summed E-state index contributed by atoms with van der Waals surface area (Å²) in [6.45, 7) is 0. The van der Waals surface area contributed by atoms with E-state index in [9.17, 15) is 9.90 Å². The molecule has 2 nitrogen and oxygen atoms in total. The Kier molecular flexibility index (Phi) is 3.99. The van der Waals surface area contributed by atoms with Gasteiger partial charge in [0.25, 0.3) is 0 Å². The first kappa shape index (κ1) is 11.6. The second-order valence-corrected chi connectivity index (χ2v) is 5.66. The van der Waals surface area contributed by atoms with Crippen molar-refractivity contribution in [2.75, 3.05) is 0 Å². The zero-order valence-corrected chi connectivity index (χ0v) is 10.2. The lowest BCUT2D eigenvalue weighted by Crippen LogP contribution is -2.24. The average Bonchev–Trinajstić information content (AvgIpc) is 2.63. The fraction of sp³-hybridized carbons (Fsp3) is 0.615. The molecule has 0 aliphatic heterocycles. The largest absolute Gasteiger partial charge is 0.481 e. The Morgan fingerprint density at radius 3 is 2.88 bits per heavy atom. The predicted octanol–water partition coefficient (Wildman–Crippen LogP) is 3.57. The second-order valence-electron chi connectivity index (χ2n) is 4.63. The molecule has 1 aromatic rings. The number of thiophene rings is 1. The van der Waals surface area contributed by atoms with Gasteiger partial charge in [-0.2, -0.15) is 0 Å². The summed E-state index contributed by atoms with van der Waals surface area (Å²) >= 11 is 1.74. The maximum absolute atomic E-state index is 11.2. The molecule has 1 saturated carbocycles. The molecule has 2 atom stereocenters. The number of aliphatic carboxylic acids is 1. The van der Waals surface area contributed by atoms with E-state index in [1.807, 2.05) is 6.07 Å². The van der Waals surface area contributed by atoms with E-state index in [1.165, 1.54) is 17.7 Å². The maximum atomic E-state index is 11.2. The third kappa shape index (κ3) is 2.85. The highest BCUT2D eigenvalue weighted by Crippen LogP contribution is 2.32. The van der Waals surface area contributed by atoms with E-state index in [2.05, 4.69) is 11.4 Å². The minimum atomic E-state index is -0.594. The van der Waals surface area contributed by atoms with Crippen molar-refractivity contribution in [1.82, 2.24) is 0 Å². The van der Waals surface area contributed by atoms with Crippen molar-refractivity contribution in [2.45, 2.75) is 38.5 Å². The molecule has 16 heavy (non-hydrogen) atoms. The molecule has 0 spiro atoms. The van der Waals surface area contributed by atoms with E-state index in [-0.39, 0.29) is 5.92 Å². The third-order valence-electron chi connectivity index (χ3n) is 3.52. The molecule has 0 aromatic carbocycles. The molecule has 2 unspecified atom stereocenters. The highest BCUT2D eigenvalue weighted by Gasteiger charge is 2.29. The quantitative estimate of drug-likeness (QED) is 0.817. The molecular weight excluding hydrogens is 220 g/mol. The summed E-state index contributed by atoms with van der Waals surface area (Å²) in [6, 6.07) is 4.17. The standard InChI is InChI=1S/C13H18O2S/c14-13(15)12-7-3-1-2-5-10(12)9-11-6-4-8-16-11/h4,6,8,10,12H,1-3,5,7,9H2,(H,14,15). The van der Waals surface area contributed by atoms with E-state index < -0.39 is 5.97 Å². The van der Waals surface area contributed by atoms with Crippen LogP contribution in [0.3, 0.4) is 0 Å². The molecule has 0 amide bonds. The molecule has 1 heterocycles. The normalized spacial score (nSPS) is 26.2. The van der Waals surface area contributed by atoms with Gasteiger partial charge in [-0.15, -0.1) is 11.3 Å². The van der Waals surface area contributed by atoms with E-state index in [1.54, 1.807) is 11.3 Å². The smallest absolute Gasteiger partial charge is 0.306 e. The molecule has 0 bridgehead atoms. The Labute approximate surface area is 100 Å². The average molecular weight is 238 g/mol. The van der Waals surface area contributed by atoms with E-state index in [0.717, 1.165) is 25.7 Å². The van der Waals surface area contributed by atoms with Crippen molar-refractivity contribution >= 4 is 17.3 Å². The van der Waals surface area contributed by atoms with Crippen molar-refractivity contribution in [3.63, 3.8) is 0 Å². The van der Waals surface area contributed by atoms with Gasteiger partial charge in [-0.05, 0) is 36.6 Å². The lowest BCUT2D eigenvalue weighted by atomic mass is 9.85. The molecule has 1 aliphatic rings. The van der Waals surface area contributed by atoms with Crippen LogP contribution < -0.4 is 0 Å². The summed E-state index contributed by atoms with van der Waals surface area (Å²) in [5, 5.41) is 11.3. The summed E-state index contributed by atoms with van der Waals surface area (Å²) in [7, 11) is 0. The van der Waals surface area contributed by atoms with Gasteiger partial charge in [0, 0.05) is 4.88 Å². The predicted molar refractivity (Wildman–Crippen MR) is 65.7 cm³/mol. The summed E-state index contributed by atoms with van der Waals surface area (Å²) in [6.07, 6.45) is 6.37. The number of hydrogen-bond acceptors (Lipinski definition) is 2. The zero-order valence-electron chi connectivity index (χ0n) is 9.39. The summed E-state index contributed by atoms with van der Waals surface area (Å²) < 4.78 is 0. The van der Waals surface area contributed by atoms with Crippen LogP contribution in [0.1, 0.15) is 37.0 Å². The Balaban J connectivity index is 2.05. The van der Waals surface area contributed by atoms with Crippen molar-refractivity contribution < 1.29 is 9.90 Å². The van der Waals surface area contributed by atoms with Gasteiger partial charge in [-0.1, -0.05) is 25.3 Å². The van der Waals surface area contributed by atoms with Crippen LogP contribution in [-0.2, 0) is 11.2 Å². The number of rotatable bonds is 3. The lowest BCUT2D eigenvalue weighted by molar-refractivity contribution is -0.143. The van der Waals surface area contributed by atoms with Gasteiger partial charge in [0.2, 0.25) is 0 Å². The van der Waals surface area contributed by atoms with Gasteiger partial charge in [-0.25, -0.2) is 0 Å². The van der Waals surface area contributed by atoms with E-state index in [4.69, 9.17) is 0 Å². The van der Waals surface area contributed by atoms with Gasteiger partial charge >= 0.3 is 5.97 Å². The SMILES string of the molecule is O=C(O)C1CCCCCC1Cc1cccs1. The van der Waals surface area contributed by atoms with Crippen LogP contribution in [0.25, 0.3) is 0 Å². The molecule has 1 fully saturated rings. The minimum absolute atomic E-state index is 0.121. The number of carboxylic acid groups (broad SMARTS) is 1. The van der Waals surface area contributed by atoms with Gasteiger partial charge in [0.05, 0.1) is 5.92 Å². The number of carbonyl (C=O) groups is 1. The molecule has 0 saturated heterocycles. The van der Waals surface area contributed by atoms with Crippen LogP contribution in [0.4, 0.5) is 0 Å². The van der Waals surface area contributed by atoms with Crippen molar-refractivity contribution in [3.05, 3.63) is 22.4 Å². The molecular formula is C13H18O2S. The Morgan fingerprint density at radius 1 is 1.38 bits per heavy atom. The second kappa shape index (κ2) is 5.48. The topological polar surface area (TPSA) is 37.3 Å². The monoisotopic (exact) mass is 238 g/mol. The van der Waals surface area contributed by atoms with Crippen LogP contribution in [0, 0.1) is 11.8 Å². The number of carboxylic acids is 1. The molecule has 1 N–H and O–H groups in total. The van der Waals surface area contributed by atoms with Gasteiger partial charge in [-0.3, -0.25) is 4.79 Å². The van der Waals surface area contributed by atoms with Gasteiger partial charge < -0.3 is 5.11 Å². The summed E-state index contributed by atoms with van der Waals surface area (Å²) in [5.74, 6) is -0.369. The lowest BCUT2D eigenvalue weighted by Gasteiger charge is -2.20. The molecule has 0 radical (unpaired) electrons. The van der Waals surface area contributed by atoms with Crippen LogP contribution in [0.15, 0.2) is 17.5 Å². The van der Waals surface area contributed by atoms with Crippen LogP contribution in [0.5, 0.6) is 0 Å². The highest BCUT2D eigenvalue weighted by atomic mass is 32.1. The fourth-order valence-corrected chi connectivity index (χ4v) is 3.44. The molecule has 88 valence electrons. The molecule has 3 heteroatoms. The number of hydrogen-bond donors (Lipinski definition) is 1. The van der Waals surface area contributed by atoms with Gasteiger partial charge in [0.15, 0.2) is 0 Å². The Morgan fingerprint density at radius 2 is 2.19 bits per heavy atom. The molecule has 1 aliphatic carbocycles. The Bertz CT molecular complexity index is 332. The van der Waals surface area contributed by atoms with E-state index >= 15 is 0 Å². The highest BCUT2D eigenvalue weighted by molar-refractivity contribution is 7.09. The summed E-state index contributed by atoms with van der Waals surface area (Å²) in [4.78, 5) is 12.6.